The Balaban J connectivity index is 2.10. The standard InChI is InChI=1S/C18H13NO2/c20-18(21)14-8-3-6-12-7-4-10-19-15-9-2-1-5-13(15)11-16(19)17(12)14/h1-7,9-11H,8H2,(H,20,21). The van der Waals surface area contributed by atoms with Gasteiger partial charge in [0, 0.05) is 17.2 Å². The maximum Gasteiger partial charge on any atom is 0.332 e. The highest BCUT2D eigenvalue weighted by Gasteiger charge is 2.24. The third-order valence-corrected chi connectivity index (χ3v) is 3.98. The third-order valence-electron chi connectivity index (χ3n) is 3.98. The molecule has 21 heavy (non-hydrogen) atoms. The van der Waals surface area contributed by atoms with E-state index in [9.17, 15) is 9.90 Å². The number of hydrogen-bond acceptors (Lipinski definition) is 1. The van der Waals surface area contributed by atoms with Crippen molar-refractivity contribution in [1.82, 2.24) is 4.57 Å². The fourth-order valence-electron chi connectivity index (χ4n) is 3.06. The molecular weight excluding hydrogens is 262 g/mol. The summed E-state index contributed by atoms with van der Waals surface area (Å²) < 4.78 is 2.07. The molecule has 1 aliphatic heterocycles. The van der Waals surface area contributed by atoms with Crippen molar-refractivity contribution >= 4 is 28.6 Å². The van der Waals surface area contributed by atoms with Gasteiger partial charge in [-0.05, 0) is 30.2 Å². The van der Waals surface area contributed by atoms with Crippen LogP contribution >= 0.6 is 0 Å². The van der Waals surface area contributed by atoms with Crippen molar-refractivity contribution in [3.05, 3.63) is 71.5 Å². The zero-order valence-electron chi connectivity index (χ0n) is 11.3. The molecule has 2 aromatic rings. The summed E-state index contributed by atoms with van der Waals surface area (Å²) in [4.78, 5) is 11.6. The van der Waals surface area contributed by atoms with Gasteiger partial charge < -0.3 is 9.67 Å². The molecule has 1 aliphatic carbocycles. The summed E-state index contributed by atoms with van der Waals surface area (Å²) in [7, 11) is 0. The van der Waals surface area contributed by atoms with Gasteiger partial charge in [0.1, 0.15) is 0 Å². The normalized spacial score (nSPS) is 16.5. The number of allylic oxidation sites excluding steroid dienone is 6. The first-order valence-electron chi connectivity index (χ1n) is 6.88. The van der Waals surface area contributed by atoms with Gasteiger partial charge in [0.05, 0.1) is 16.8 Å². The molecule has 0 saturated carbocycles. The lowest BCUT2D eigenvalue weighted by Gasteiger charge is -2.16. The van der Waals surface area contributed by atoms with Gasteiger partial charge in [0.15, 0.2) is 0 Å². The molecule has 0 saturated heterocycles. The molecule has 2 aliphatic rings. The Bertz CT molecular complexity index is 891. The van der Waals surface area contributed by atoms with E-state index < -0.39 is 5.97 Å². The van der Waals surface area contributed by atoms with Gasteiger partial charge in [-0.3, -0.25) is 0 Å². The first-order valence-corrected chi connectivity index (χ1v) is 6.88. The molecule has 4 rings (SSSR count). The maximum absolute atomic E-state index is 11.6. The van der Waals surface area contributed by atoms with Gasteiger partial charge in [-0.25, -0.2) is 4.79 Å². The fraction of sp³-hybridized carbons (Fsp3) is 0.0556. The fourth-order valence-corrected chi connectivity index (χ4v) is 3.06. The van der Waals surface area contributed by atoms with Crippen molar-refractivity contribution in [3.63, 3.8) is 0 Å². The van der Waals surface area contributed by atoms with E-state index in [1.165, 1.54) is 0 Å². The van der Waals surface area contributed by atoms with Crippen LogP contribution in [0.3, 0.4) is 0 Å². The van der Waals surface area contributed by atoms with Gasteiger partial charge >= 0.3 is 5.97 Å². The number of aliphatic carboxylic acids is 1. The van der Waals surface area contributed by atoms with E-state index in [-0.39, 0.29) is 0 Å². The maximum atomic E-state index is 11.6. The number of para-hydroxylation sites is 1. The number of hydrogen-bond donors (Lipinski definition) is 1. The van der Waals surface area contributed by atoms with Crippen molar-refractivity contribution in [1.29, 1.82) is 0 Å². The molecule has 0 unspecified atom stereocenters. The second-order valence-corrected chi connectivity index (χ2v) is 5.19. The lowest BCUT2D eigenvalue weighted by atomic mass is 9.90. The second-order valence-electron chi connectivity index (χ2n) is 5.19. The molecule has 102 valence electrons. The molecule has 3 nitrogen and oxygen atoms in total. The zero-order chi connectivity index (χ0) is 14.4. The van der Waals surface area contributed by atoms with E-state index >= 15 is 0 Å². The van der Waals surface area contributed by atoms with Gasteiger partial charge in [0.25, 0.3) is 0 Å². The summed E-state index contributed by atoms with van der Waals surface area (Å²) >= 11 is 0. The van der Waals surface area contributed by atoms with Crippen LogP contribution < -0.4 is 0 Å². The number of nitrogens with zero attached hydrogens (tertiary/aromatic N) is 1. The molecule has 1 aromatic heterocycles. The lowest BCUT2D eigenvalue weighted by molar-refractivity contribution is -0.132. The summed E-state index contributed by atoms with van der Waals surface area (Å²) in [6.45, 7) is 0. The van der Waals surface area contributed by atoms with Crippen LogP contribution in [0, 0.1) is 0 Å². The lowest BCUT2D eigenvalue weighted by Crippen LogP contribution is -2.09. The van der Waals surface area contributed by atoms with Crippen molar-refractivity contribution in [2.75, 3.05) is 0 Å². The number of carboxylic acids is 1. The van der Waals surface area contributed by atoms with E-state index in [1.807, 2.05) is 54.8 Å². The molecule has 0 spiro atoms. The minimum atomic E-state index is -0.848. The smallest absolute Gasteiger partial charge is 0.332 e. The number of carboxylic acid groups (broad SMARTS) is 1. The van der Waals surface area contributed by atoms with E-state index in [4.69, 9.17) is 0 Å². The second kappa shape index (κ2) is 4.35. The molecule has 3 heteroatoms. The Morgan fingerprint density at radius 1 is 1.24 bits per heavy atom. The van der Waals surface area contributed by atoms with Gasteiger partial charge in [-0.1, -0.05) is 36.4 Å². The topological polar surface area (TPSA) is 42.2 Å². The molecule has 0 radical (unpaired) electrons. The first-order chi connectivity index (χ1) is 10.3. The minimum absolute atomic E-state index is 0.455. The van der Waals surface area contributed by atoms with Crippen LogP contribution in [0.4, 0.5) is 0 Å². The van der Waals surface area contributed by atoms with Crippen molar-refractivity contribution in [2.45, 2.75) is 6.42 Å². The van der Waals surface area contributed by atoms with Gasteiger partial charge in [-0.2, -0.15) is 0 Å². The average molecular weight is 275 g/mol. The van der Waals surface area contributed by atoms with Crippen molar-refractivity contribution in [2.24, 2.45) is 0 Å². The van der Waals surface area contributed by atoms with Crippen LogP contribution in [0.15, 0.2) is 65.8 Å². The van der Waals surface area contributed by atoms with Crippen molar-refractivity contribution < 1.29 is 9.90 Å². The molecule has 0 fully saturated rings. The monoisotopic (exact) mass is 275 g/mol. The predicted octanol–water partition coefficient (Wildman–Crippen LogP) is 3.85. The number of rotatable bonds is 1. The first kappa shape index (κ1) is 12.0. The molecule has 0 amide bonds. The van der Waals surface area contributed by atoms with E-state index in [1.54, 1.807) is 0 Å². The highest BCUT2D eigenvalue weighted by atomic mass is 16.4. The largest absolute Gasteiger partial charge is 0.478 e. The molecule has 2 heterocycles. The quantitative estimate of drug-likeness (QED) is 0.859. The molecule has 0 atom stereocenters. The Morgan fingerprint density at radius 2 is 2.10 bits per heavy atom. The van der Waals surface area contributed by atoms with Crippen LogP contribution in [-0.2, 0) is 4.79 Å². The number of carbonyl (C=O) groups is 1. The Morgan fingerprint density at radius 3 is 2.95 bits per heavy atom. The minimum Gasteiger partial charge on any atom is -0.478 e. The van der Waals surface area contributed by atoms with Crippen LogP contribution in [0.2, 0.25) is 0 Å². The van der Waals surface area contributed by atoms with Crippen LogP contribution in [0.1, 0.15) is 12.1 Å². The van der Waals surface area contributed by atoms with Crippen LogP contribution in [-0.4, -0.2) is 15.6 Å². The molecule has 1 N–H and O–H groups in total. The Kier molecular flexibility index (Phi) is 2.48. The predicted molar refractivity (Wildman–Crippen MR) is 83.7 cm³/mol. The third kappa shape index (κ3) is 1.71. The summed E-state index contributed by atoms with van der Waals surface area (Å²) in [6.07, 6.45) is 10.3. The number of benzene rings is 1. The number of fused-ring (bicyclic) bond motifs is 5. The van der Waals surface area contributed by atoms with Crippen molar-refractivity contribution in [3.8, 4) is 0 Å². The number of aromatic nitrogens is 1. The Hall–Kier alpha value is -2.81. The van der Waals surface area contributed by atoms with E-state index in [0.29, 0.717) is 12.0 Å². The Labute approximate surface area is 121 Å². The summed E-state index contributed by atoms with van der Waals surface area (Å²) in [5.41, 5.74) is 4.27. The highest BCUT2D eigenvalue weighted by Crippen LogP contribution is 2.37. The summed E-state index contributed by atoms with van der Waals surface area (Å²) in [5.74, 6) is -0.848. The summed E-state index contributed by atoms with van der Waals surface area (Å²) in [5, 5.41) is 10.6. The summed E-state index contributed by atoms with van der Waals surface area (Å²) in [6, 6.07) is 10.2. The van der Waals surface area contributed by atoms with Crippen LogP contribution in [0.25, 0.3) is 22.7 Å². The molecule has 1 aromatic carbocycles. The molecule has 0 bridgehead atoms. The van der Waals surface area contributed by atoms with Gasteiger partial charge in [0.2, 0.25) is 0 Å². The average Bonchev–Trinajstić information content (AvgIpc) is 2.75. The van der Waals surface area contributed by atoms with Gasteiger partial charge in [-0.15, -0.1) is 0 Å². The van der Waals surface area contributed by atoms with Crippen LogP contribution in [0.5, 0.6) is 0 Å². The SMILES string of the molecule is O=C(O)C1=C2C(=CC=Cn3c2cc2ccccc23)C=CC1. The zero-order valence-corrected chi connectivity index (χ0v) is 11.3. The molecular formula is C18H13NO2. The van der Waals surface area contributed by atoms with E-state index in [0.717, 1.165) is 27.7 Å². The highest BCUT2D eigenvalue weighted by molar-refractivity contribution is 6.05. The van der Waals surface area contributed by atoms with E-state index in [2.05, 4.69) is 10.6 Å².